The Kier molecular flexibility index (Phi) is 5.37. The van der Waals surface area contributed by atoms with Gasteiger partial charge in [-0.3, -0.25) is 4.98 Å². The van der Waals surface area contributed by atoms with Gasteiger partial charge < -0.3 is 14.8 Å². The van der Waals surface area contributed by atoms with Crippen LogP contribution >= 0.6 is 0 Å². The van der Waals surface area contributed by atoms with Crippen LogP contribution in [0.2, 0.25) is 0 Å². The predicted molar refractivity (Wildman–Crippen MR) is 103 cm³/mol. The molecule has 0 spiro atoms. The lowest BCUT2D eigenvalue weighted by molar-refractivity contribution is 0.0527. The number of carbonyl (C=O) groups is 1. The van der Waals surface area contributed by atoms with Crippen molar-refractivity contribution in [1.29, 1.82) is 0 Å². The largest absolute Gasteiger partial charge is 0.492 e. The number of hydrogen-bond donors (Lipinski definition) is 1. The molecular formula is C21H22N2O3. The van der Waals surface area contributed by atoms with Crippen LogP contribution in [-0.2, 0) is 4.74 Å². The molecule has 0 aliphatic rings. The first-order valence-electron chi connectivity index (χ1n) is 8.70. The van der Waals surface area contributed by atoms with Crippen LogP contribution in [0.3, 0.4) is 0 Å². The number of nitrogens with zero attached hydrogens (tertiary/aromatic N) is 1. The third-order valence-corrected chi connectivity index (χ3v) is 4.06. The summed E-state index contributed by atoms with van der Waals surface area (Å²) < 4.78 is 10.9. The van der Waals surface area contributed by atoms with Crippen LogP contribution in [0.5, 0.6) is 5.75 Å². The van der Waals surface area contributed by atoms with Crippen molar-refractivity contribution in [1.82, 2.24) is 4.98 Å². The van der Waals surface area contributed by atoms with Crippen molar-refractivity contribution in [3.05, 3.63) is 59.8 Å². The van der Waals surface area contributed by atoms with Gasteiger partial charge in [0.05, 0.1) is 18.9 Å². The average molecular weight is 350 g/mol. The van der Waals surface area contributed by atoms with E-state index in [4.69, 9.17) is 9.47 Å². The first-order chi connectivity index (χ1) is 12.7. The molecule has 0 aliphatic carbocycles. The Hall–Kier alpha value is -3.08. The van der Waals surface area contributed by atoms with Crippen molar-refractivity contribution in [2.45, 2.75) is 20.8 Å². The van der Waals surface area contributed by atoms with Gasteiger partial charge in [0.1, 0.15) is 16.8 Å². The van der Waals surface area contributed by atoms with Crippen LogP contribution in [0.4, 0.5) is 11.4 Å². The van der Waals surface area contributed by atoms with E-state index in [0.717, 1.165) is 16.6 Å². The van der Waals surface area contributed by atoms with Gasteiger partial charge in [-0.25, -0.2) is 4.79 Å². The second-order valence-electron chi connectivity index (χ2n) is 5.79. The van der Waals surface area contributed by atoms with Crippen molar-refractivity contribution >= 4 is 28.2 Å². The molecular weight excluding hydrogens is 328 g/mol. The molecule has 134 valence electrons. The van der Waals surface area contributed by atoms with E-state index in [0.29, 0.717) is 35.7 Å². The first-order valence-corrected chi connectivity index (χ1v) is 8.70. The molecule has 0 bridgehead atoms. The van der Waals surface area contributed by atoms with Crippen LogP contribution in [0.1, 0.15) is 29.8 Å². The average Bonchev–Trinajstić information content (AvgIpc) is 2.64. The fraction of sp³-hybridized carbons (Fsp3) is 0.238. The number of nitrogens with one attached hydrogen (secondary N) is 1. The number of hydrogen-bond acceptors (Lipinski definition) is 5. The number of para-hydroxylation sites is 2. The molecule has 0 atom stereocenters. The summed E-state index contributed by atoms with van der Waals surface area (Å²) in [6, 6.07) is 13.6. The molecule has 26 heavy (non-hydrogen) atoms. The summed E-state index contributed by atoms with van der Waals surface area (Å²) in [5.74, 6) is 0.285. The Balaban J connectivity index is 2.20. The maximum absolute atomic E-state index is 12.5. The highest BCUT2D eigenvalue weighted by Crippen LogP contribution is 2.34. The van der Waals surface area contributed by atoms with Gasteiger partial charge >= 0.3 is 5.97 Å². The highest BCUT2D eigenvalue weighted by atomic mass is 16.5. The third kappa shape index (κ3) is 3.47. The van der Waals surface area contributed by atoms with Crippen LogP contribution in [0, 0.1) is 6.92 Å². The zero-order chi connectivity index (χ0) is 18.5. The van der Waals surface area contributed by atoms with Gasteiger partial charge in [0.15, 0.2) is 0 Å². The topological polar surface area (TPSA) is 60.5 Å². The number of pyridine rings is 1. The van der Waals surface area contributed by atoms with Crippen molar-refractivity contribution in [3.8, 4) is 5.75 Å². The molecule has 2 aromatic carbocycles. The Labute approximate surface area is 153 Å². The fourth-order valence-corrected chi connectivity index (χ4v) is 2.81. The fourth-order valence-electron chi connectivity index (χ4n) is 2.81. The summed E-state index contributed by atoms with van der Waals surface area (Å²) in [6.07, 6.45) is 1.55. The molecule has 0 radical (unpaired) electrons. The monoisotopic (exact) mass is 350 g/mol. The summed E-state index contributed by atoms with van der Waals surface area (Å²) in [7, 11) is 0. The van der Waals surface area contributed by atoms with Crippen molar-refractivity contribution in [3.63, 3.8) is 0 Å². The molecule has 0 aliphatic heterocycles. The van der Waals surface area contributed by atoms with Gasteiger partial charge in [-0.15, -0.1) is 0 Å². The molecule has 1 heterocycles. The van der Waals surface area contributed by atoms with Crippen LogP contribution < -0.4 is 10.1 Å². The lowest BCUT2D eigenvalue weighted by atomic mass is 10.1. The maximum atomic E-state index is 12.5. The second kappa shape index (κ2) is 7.87. The molecule has 0 amide bonds. The number of aromatic nitrogens is 1. The molecule has 1 N–H and O–H groups in total. The zero-order valence-electron chi connectivity index (χ0n) is 15.2. The number of benzene rings is 2. The standard InChI is InChI=1S/C21H22N2O3/c1-4-25-18-12-8-10-15-19(23-17-11-7-6-9-14(17)3)16(13-22-20(15)18)21(24)26-5-2/h6-13H,4-5H2,1-3H3,(H,22,23). The summed E-state index contributed by atoms with van der Waals surface area (Å²) in [4.78, 5) is 16.9. The molecule has 0 fully saturated rings. The normalized spacial score (nSPS) is 10.6. The lowest BCUT2D eigenvalue weighted by Gasteiger charge is -2.16. The minimum atomic E-state index is -0.403. The number of anilines is 2. The molecule has 5 nitrogen and oxygen atoms in total. The summed E-state index contributed by atoms with van der Waals surface area (Å²) in [5, 5.41) is 4.21. The van der Waals surface area contributed by atoms with Gasteiger partial charge in [0, 0.05) is 17.3 Å². The number of aryl methyl sites for hydroxylation is 1. The predicted octanol–water partition coefficient (Wildman–Crippen LogP) is 4.86. The van der Waals surface area contributed by atoms with E-state index in [1.807, 2.05) is 56.3 Å². The highest BCUT2D eigenvalue weighted by Gasteiger charge is 2.19. The van der Waals surface area contributed by atoms with E-state index < -0.39 is 5.97 Å². The van der Waals surface area contributed by atoms with E-state index in [9.17, 15) is 4.79 Å². The van der Waals surface area contributed by atoms with Crippen LogP contribution in [0.15, 0.2) is 48.7 Å². The summed E-state index contributed by atoms with van der Waals surface area (Å²) in [6.45, 7) is 6.58. The number of esters is 1. The Morgan fingerprint density at radius 1 is 1.08 bits per heavy atom. The smallest absolute Gasteiger partial charge is 0.341 e. The number of fused-ring (bicyclic) bond motifs is 1. The number of carbonyl (C=O) groups excluding carboxylic acids is 1. The Morgan fingerprint density at radius 2 is 1.88 bits per heavy atom. The lowest BCUT2D eigenvalue weighted by Crippen LogP contribution is -2.10. The van der Waals surface area contributed by atoms with Crippen molar-refractivity contribution in [2.24, 2.45) is 0 Å². The van der Waals surface area contributed by atoms with E-state index in [1.54, 1.807) is 13.1 Å². The summed E-state index contributed by atoms with van der Waals surface area (Å²) >= 11 is 0. The van der Waals surface area contributed by atoms with Gasteiger partial charge in [-0.1, -0.05) is 30.3 Å². The van der Waals surface area contributed by atoms with Gasteiger partial charge in [0.2, 0.25) is 0 Å². The minimum Gasteiger partial charge on any atom is -0.492 e. The third-order valence-electron chi connectivity index (χ3n) is 4.06. The van der Waals surface area contributed by atoms with Gasteiger partial charge in [-0.2, -0.15) is 0 Å². The Morgan fingerprint density at radius 3 is 2.62 bits per heavy atom. The van der Waals surface area contributed by atoms with Crippen LogP contribution in [-0.4, -0.2) is 24.2 Å². The van der Waals surface area contributed by atoms with Crippen LogP contribution in [0.25, 0.3) is 10.9 Å². The Bertz CT molecular complexity index is 938. The molecule has 0 saturated carbocycles. The van der Waals surface area contributed by atoms with Crippen molar-refractivity contribution in [2.75, 3.05) is 18.5 Å². The van der Waals surface area contributed by atoms with E-state index in [-0.39, 0.29) is 0 Å². The highest BCUT2D eigenvalue weighted by molar-refractivity contribution is 6.07. The SMILES string of the molecule is CCOC(=O)c1cnc2c(OCC)cccc2c1Nc1ccccc1C. The minimum absolute atomic E-state index is 0.305. The summed E-state index contributed by atoms with van der Waals surface area (Å²) in [5.41, 5.74) is 3.78. The molecule has 5 heteroatoms. The first kappa shape index (κ1) is 17.7. The maximum Gasteiger partial charge on any atom is 0.341 e. The molecule has 3 rings (SSSR count). The quantitative estimate of drug-likeness (QED) is 0.643. The van der Waals surface area contributed by atoms with E-state index >= 15 is 0 Å². The number of ether oxygens (including phenoxy) is 2. The van der Waals surface area contributed by atoms with E-state index in [1.165, 1.54) is 0 Å². The second-order valence-corrected chi connectivity index (χ2v) is 5.79. The van der Waals surface area contributed by atoms with Gasteiger partial charge in [-0.05, 0) is 38.5 Å². The van der Waals surface area contributed by atoms with E-state index in [2.05, 4.69) is 10.3 Å². The van der Waals surface area contributed by atoms with Gasteiger partial charge in [0.25, 0.3) is 0 Å². The van der Waals surface area contributed by atoms with Crippen molar-refractivity contribution < 1.29 is 14.3 Å². The molecule has 3 aromatic rings. The molecule has 1 aromatic heterocycles. The number of rotatable bonds is 6. The molecule has 0 unspecified atom stereocenters. The molecule has 0 saturated heterocycles. The zero-order valence-corrected chi connectivity index (χ0v) is 15.2.